The van der Waals surface area contributed by atoms with E-state index in [1.54, 1.807) is 7.11 Å². The van der Waals surface area contributed by atoms with Crippen LogP contribution in [0.25, 0.3) is 0 Å². The summed E-state index contributed by atoms with van der Waals surface area (Å²) in [4.78, 5) is 12.2. The second kappa shape index (κ2) is 5.24. The Labute approximate surface area is 98.7 Å². The molecule has 0 aliphatic carbocycles. The van der Waals surface area contributed by atoms with Gasteiger partial charge in [0.25, 0.3) is 0 Å². The van der Waals surface area contributed by atoms with E-state index in [2.05, 4.69) is 30.5 Å². The summed E-state index contributed by atoms with van der Waals surface area (Å²) in [5, 5.41) is 9.79. The fourth-order valence-corrected chi connectivity index (χ4v) is 1.47. The molecule has 0 aliphatic heterocycles. The van der Waals surface area contributed by atoms with Gasteiger partial charge in [-0.25, -0.2) is 15.0 Å². The molecule has 2 heterocycles. The lowest BCUT2D eigenvalue weighted by Crippen LogP contribution is -2.09. The molecule has 0 fully saturated rings. The van der Waals surface area contributed by atoms with Crippen LogP contribution in [0.3, 0.4) is 0 Å². The van der Waals surface area contributed by atoms with Crippen molar-refractivity contribution in [1.82, 2.24) is 25.1 Å². The fourth-order valence-electron chi connectivity index (χ4n) is 1.47. The van der Waals surface area contributed by atoms with E-state index in [-0.39, 0.29) is 0 Å². The number of H-pyrrole nitrogens is 1. The molecule has 0 saturated heterocycles. The summed E-state index contributed by atoms with van der Waals surface area (Å²) in [6.45, 7) is 2.63. The predicted octanol–water partition coefficient (Wildman–Crippen LogP) is 0.566. The van der Waals surface area contributed by atoms with Gasteiger partial charge in [-0.05, 0) is 6.92 Å². The Hall–Kier alpha value is -2.18. The van der Waals surface area contributed by atoms with Crippen LogP contribution in [-0.4, -0.2) is 38.8 Å². The van der Waals surface area contributed by atoms with E-state index in [1.165, 1.54) is 12.7 Å². The number of ether oxygens (including phenoxy) is 1. The number of nitrogens with zero attached hydrogens (tertiary/aromatic N) is 4. The zero-order valence-corrected chi connectivity index (χ0v) is 9.77. The monoisotopic (exact) mass is 234 g/mol. The normalized spacial score (nSPS) is 10.2. The number of anilines is 1. The lowest BCUT2D eigenvalue weighted by atomic mass is 10.3. The zero-order chi connectivity index (χ0) is 12.1. The number of nitrogens with one attached hydrogen (secondary N) is 2. The minimum Gasteiger partial charge on any atom is -0.481 e. The topological polar surface area (TPSA) is 88.6 Å². The van der Waals surface area contributed by atoms with E-state index in [1.807, 2.05) is 6.92 Å². The highest BCUT2D eigenvalue weighted by Crippen LogP contribution is 2.19. The van der Waals surface area contributed by atoms with E-state index in [9.17, 15) is 0 Å². The molecular formula is C10H14N6O. The second-order valence-electron chi connectivity index (χ2n) is 3.47. The van der Waals surface area contributed by atoms with Crippen LogP contribution in [0.15, 0.2) is 12.7 Å². The fraction of sp³-hybridized carbons (Fsp3) is 0.400. The van der Waals surface area contributed by atoms with Crippen LogP contribution in [0.4, 0.5) is 5.82 Å². The Morgan fingerprint density at radius 2 is 2.18 bits per heavy atom. The van der Waals surface area contributed by atoms with Crippen molar-refractivity contribution >= 4 is 5.82 Å². The first-order valence-corrected chi connectivity index (χ1v) is 5.25. The third kappa shape index (κ3) is 2.68. The largest absolute Gasteiger partial charge is 0.481 e. The number of aromatic amines is 1. The van der Waals surface area contributed by atoms with Crippen molar-refractivity contribution in [3.63, 3.8) is 0 Å². The van der Waals surface area contributed by atoms with Crippen molar-refractivity contribution in [3.8, 4) is 5.88 Å². The lowest BCUT2D eigenvalue weighted by Gasteiger charge is -2.09. The Balaban J connectivity index is 1.95. The third-order valence-electron chi connectivity index (χ3n) is 2.35. The first-order chi connectivity index (χ1) is 8.31. The van der Waals surface area contributed by atoms with Crippen molar-refractivity contribution in [2.24, 2.45) is 0 Å². The molecule has 2 aromatic rings. The maximum Gasteiger partial charge on any atom is 0.221 e. The number of hydrogen-bond acceptors (Lipinski definition) is 6. The van der Waals surface area contributed by atoms with Crippen molar-refractivity contribution in [1.29, 1.82) is 0 Å². The molecule has 7 heteroatoms. The number of rotatable bonds is 5. The van der Waals surface area contributed by atoms with E-state index in [0.717, 1.165) is 30.2 Å². The standard InChI is InChI=1S/C10H14N6O/c1-7-9(13-5-14-10(7)17-2)11-4-3-8-12-6-15-16-8/h5-6H,3-4H2,1-2H3,(H,11,13,14)(H,12,15,16). The summed E-state index contributed by atoms with van der Waals surface area (Å²) in [6.07, 6.45) is 3.72. The molecule has 2 N–H and O–H groups in total. The maximum absolute atomic E-state index is 5.12. The molecular weight excluding hydrogens is 220 g/mol. The molecule has 0 bridgehead atoms. The molecule has 0 aromatic carbocycles. The molecule has 0 atom stereocenters. The van der Waals surface area contributed by atoms with Gasteiger partial charge < -0.3 is 10.1 Å². The van der Waals surface area contributed by atoms with Crippen LogP contribution in [0, 0.1) is 6.92 Å². The molecule has 2 aromatic heterocycles. The summed E-state index contributed by atoms with van der Waals surface area (Å²) in [5.41, 5.74) is 0.896. The average molecular weight is 234 g/mol. The van der Waals surface area contributed by atoms with E-state index in [4.69, 9.17) is 4.74 Å². The van der Waals surface area contributed by atoms with Crippen LogP contribution in [0.2, 0.25) is 0 Å². The quantitative estimate of drug-likeness (QED) is 0.786. The van der Waals surface area contributed by atoms with Gasteiger partial charge in [-0.15, -0.1) is 0 Å². The van der Waals surface area contributed by atoms with E-state index < -0.39 is 0 Å². The minimum atomic E-state index is 0.585. The maximum atomic E-state index is 5.12. The van der Waals surface area contributed by atoms with Crippen LogP contribution in [0.1, 0.15) is 11.4 Å². The van der Waals surface area contributed by atoms with E-state index in [0.29, 0.717) is 5.88 Å². The van der Waals surface area contributed by atoms with Gasteiger partial charge in [-0.2, -0.15) is 5.10 Å². The Bertz CT molecular complexity index is 470. The summed E-state index contributed by atoms with van der Waals surface area (Å²) in [5.74, 6) is 2.20. The molecule has 0 unspecified atom stereocenters. The summed E-state index contributed by atoms with van der Waals surface area (Å²) in [7, 11) is 1.59. The summed E-state index contributed by atoms with van der Waals surface area (Å²) in [6, 6.07) is 0. The van der Waals surface area contributed by atoms with Crippen LogP contribution >= 0.6 is 0 Å². The van der Waals surface area contributed by atoms with Gasteiger partial charge >= 0.3 is 0 Å². The average Bonchev–Trinajstić information content (AvgIpc) is 2.84. The molecule has 7 nitrogen and oxygen atoms in total. The summed E-state index contributed by atoms with van der Waals surface area (Å²) < 4.78 is 5.12. The second-order valence-corrected chi connectivity index (χ2v) is 3.47. The van der Waals surface area contributed by atoms with Gasteiger partial charge in [0.05, 0.1) is 12.7 Å². The van der Waals surface area contributed by atoms with E-state index >= 15 is 0 Å². The highest BCUT2D eigenvalue weighted by Gasteiger charge is 2.06. The smallest absolute Gasteiger partial charge is 0.221 e. The molecule has 0 saturated carbocycles. The van der Waals surface area contributed by atoms with Gasteiger partial charge in [-0.3, -0.25) is 5.10 Å². The Kier molecular flexibility index (Phi) is 3.49. The molecule has 90 valence electrons. The highest BCUT2D eigenvalue weighted by atomic mass is 16.5. The Morgan fingerprint density at radius 1 is 1.29 bits per heavy atom. The van der Waals surface area contributed by atoms with Crippen molar-refractivity contribution in [2.45, 2.75) is 13.3 Å². The first kappa shape index (κ1) is 11.3. The molecule has 0 amide bonds. The zero-order valence-electron chi connectivity index (χ0n) is 9.77. The van der Waals surface area contributed by atoms with Crippen molar-refractivity contribution in [3.05, 3.63) is 24.0 Å². The van der Waals surface area contributed by atoms with Crippen LogP contribution in [0.5, 0.6) is 5.88 Å². The molecule has 2 rings (SSSR count). The van der Waals surface area contributed by atoms with Crippen molar-refractivity contribution in [2.75, 3.05) is 19.0 Å². The predicted molar refractivity (Wildman–Crippen MR) is 61.9 cm³/mol. The number of aromatic nitrogens is 5. The lowest BCUT2D eigenvalue weighted by molar-refractivity contribution is 0.393. The third-order valence-corrected chi connectivity index (χ3v) is 2.35. The minimum absolute atomic E-state index is 0.585. The van der Waals surface area contributed by atoms with Gasteiger partial charge in [0.1, 0.15) is 24.3 Å². The molecule has 0 aliphatic rings. The number of hydrogen-bond donors (Lipinski definition) is 2. The van der Waals surface area contributed by atoms with Crippen molar-refractivity contribution < 1.29 is 4.74 Å². The van der Waals surface area contributed by atoms with Gasteiger partial charge in [0.15, 0.2) is 0 Å². The highest BCUT2D eigenvalue weighted by molar-refractivity contribution is 5.47. The van der Waals surface area contributed by atoms with Crippen LogP contribution < -0.4 is 10.1 Å². The van der Waals surface area contributed by atoms with Gasteiger partial charge in [-0.1, -0.05) is 0 Å². The summed E-state index contributed by atoms with van der Waals surface area (Å²) >= 11 is 0. The Morgan fingerprint density at radius 3 is 2.88 bits per heavy atom. The molecule has 17 heavy (non-hydrogen) atoms. The molecule has 0 radical (unpaired) electrons. The van der Waals surface area contributed by atoms with Gasteiger partial charge in [0.2, 0.25) is 5.88 Å². The SMILES string of the molecule is COc1ncnc(NCCc2ncn[nH]2)c1C. The van der Waals surface area contributed by atoms with Gasteiger partial charge in [0, 0.05) is 13.0 Å². The van der Waals surface area contributed by atoms with Crippen LogP contribution in [-0.2, 0) is 6.42 Å². The molecule has 0 spiro atoms. The number of methoxy groups -OCH3 is 1. The first-order valence-electron chi connectivity index (χ1n) is 5.25.